The zero-order valence-corrected chi connectivity index (χ0v) is 14.2. The molecule has 2 aromatic rings. The fourth-order valence-corrected chi connectivity index (χ4v) is 4.14. The highest BCUT2D eigenvalue weighted by molar-refractivity contribution is 6.14. The van der Waals surface area contributed by atoms with Crippen LogP contribution in [-0.2, 0) is 6.42 Å². The molecule has 2 aliphatic heterocycles. The fourth-order valence-electron chi connectivity index (χ4n) is 4.14. The summed E-state index contributed by atoms with van der Waals surface area (Å²) in [5.74, 6) is 0. The number of aliphatic hydroxyl groups is 1. The molecule has 4 rings (SSSR count). The number of benzene rings is 2. The van der Waals surface area contributed by atoms with Gasteiger partial charge in [0.2, 0.25) is 0 Å². The monoisotopic (exact) mass is 320 g/mol. The molecule has 0 amide bonds. The summed E-state index contributed by atoms with van der Waals surface area (Å²) in [5, 5.41) is 11.5. The molecule has 124 valence electrons. The van der Waals surface area contributed by atoms with Crippen molar-refractivity contribution in [2.45, 2.75) is 38.2 Å². The largest absolute Gasteiger partial charge is 0.382 e. The number of hydrogen-bond donors (Lipinski definition) is 1. The van der Waals surface area contributed by atoms with Crippen LogP contribution in [0.4, 0.5) is 11.4 Å². The number of aliphatic imine (C=N–C) groups is 1. The van der Waals surface area contributed by atoms with Crippen molar-refractivity contribution in [3.05, 3.63) is 59.7 Å². The predicted octanol–water partition coefficient (Wildman–Crippen LogP) is 4.10. The molecule has 24 heavy (non-hydrogen) atoms. The first-order valence-corrected chi connectivity index (χ1v) is 8.95. The molecule has 1 unspecified atom stereocenters. The van der Waals surface area contributed by atoms with Gasteiger partial charge in [0.1, 0.15) is 5.60 Å². The van der Waals surface area contributed by atoms with Gasteiger partial charge in [0, 0.05) is 17.8 Å². The van der Waals surface area contributed by atoms with E-state index in [1.165, 1.54) is 11.3 Å². The maximum Gasteiger partial charge on any atom is 0.124 e. The number of rotatable bonds is 3. The lowest BCUT2D eigenvalue weighted by Gasteiger charge is -2.45. The van der Waals surface area contributed by atoms with Gasteiger partial charge in [-0.1, -0.05) is 49.7 Å². The smallest absolute Gasteiger partial charge is 0.124 e. The second kappa shape index (κ2) is 6.06. The normalized spacial score (nSPS) is 24.1. The summed E-state index contributed by atoms with van der Waals surface area (Å²) in [6, 6.07) is 16.4. The Hall–Kier alpha value is -2.13. The highest BCUT2D eigenvalue weighted by Crippen LogP contribution is 2.40. The second-order valence-electron chi connectivity index (χ2n) is 6.92. The SMILES string of the molecule is CCCC1(O)CN2CCCc3cccc(c32)C1=Nc1ccccc1. The molecule has 0 radical (unpaired) electrons. The molecular weight excluding hydrogens is 296 g/mol. The molecule has 1 atom stereocenters. The number of aryl methyl sites for hydroxylation is 1. The van der Waals surface area contributed by atoms with E-state index in [0.717, 1.165) is 49.2 Å². The number of para-hydroxylation sites is 2. The minimum Gasteiger partial charge on any atom is -0.382 e. The van der Waals surface area contributed by atoms with Crippen LogP contribution < -0.4 is 4.90 Å². The van der Waals surface area contributed by atoms with E-state index in [-0.39, 0.29) is 0 Å². The van der Waals surface area contributed by atoms with Crippen molar-refractivity contribution in [1.29, 1.82) is 0 Å². The highest BCUT2D eigenvalue weighted by Gasteiger charge is 2.42. The molecule has 0 saturated heterocycles. The lowest BCUT2D eigenvalue weighted by Crippen LogP contribution is -2.55. The van der Waals surface area contributed by atoms with Gasteiger partial charge in [-0.05, 0) is 37.0 Å². The van der Waals surface area contributed by atoms with Gasteiger partial charge in [-0.25, -0.2) is 4.99 Å². The molecule has 2 heterocycles. The summed E-state index contributed by atoms with van der Waals surface area (Å²) in [5.41, 5.74) is 4.65. The van der Waals surface area contributed by atoms with Gasteiger partial charge in [-0.2, -0.15) is 0 Å². The maximum atomic E-state index is 11.5. The Morgan fingerprint density at radius 1 is 1.12 bits per heavy atom. The Balaban J connectivity index is 1.91. The molecule has 0 spiro atoms. The second-order valence-corrected chi connectivity index (χ2v) is 6.92. The first-order valence-electron chi connectivity index (χ1n) is 8.95. The zero-order chi connectivity index (χ0) is 16.6. The third-order valence-electron chi connectivity index (χ3n) is 5.12. The molecule has 2 aromatic carbocycles. The molecular formula is C21H24N2O. The van der Waals surface area contributed by atoms with Crippen LogP contribution in [0.2, 0.25) is 0 Å². The standard InChI is InChI=1S/C21H24N2O/c1-2-13-21(24)15-23-14-7-9-16-8-6-12-18(19(16)23)20(21)22-17-10-4-3-5-11-17/h3-6,8,10-12,24H,2,7,9,13-15H2,1H3. The van der Waals surface area contributed by atoms with E-state index in [4.69, 9.17) is 4.99 Å². The van der Waals surface area contributed by atoms with Gasteiger partial charge in [-0.3, -0.25) is 0 Å². The summed E-state index contributed by atoms with van der Waals surface area (Å²) in [4.78, 5) is 7.27. The van der Waals surface area contributed by atoms with Crippen LogP contribution >= 0.6 is 0 Å². The Bertz CT molecular complexity index is 769. The van der Waals surface area contributed by atoms with Gasteiger partial charge in [-0.15, -0.1) is 0 Å². The van der Waals surface area contributed by atoms with Crippen molar-refractivity contribution < 1.29 is 5.11 Å². The zero-order valence-electron chi connectivity index (χ0n) is 14.2. The molecule has 3 nitrogen and oxygen atoms in total. The Labute approximate surface area is 143 Å². The maximum absolute atomic E-state index is 11.5. The molecule has 3 heteroatoms. The molecule has 0 bridgehead atoms. The Morgan fingerprint density at radius 3 is 2.75 bits per heavy atom. The van der Waals surface area contributed by atoms with Gasteiger partial charge in [0.05, 0.1) is 17.9 Å². The molecule has 1 N–H and O–H groups in total. The molecule has 0 aliphatic carbocycles. The van der Waals surface area contributed by atoms with Crippen LogP contribution in [0.25, 0.3) is 0 Å². The van der Waals surface area contributed by atoms with E-state index in [1.807, 2.05) is 30.3 Å². The molecule has 0 fully saturated rings. The third-order valence-corrected chi connectivity index (χ3v) is 5.12. The highest BCUT2D eigenvalue weighted by atomic mass is 16.3. The molecule has 0 aromatic heterocycles. The molecule has 0 saturated carbocycles. The van der Waals surface area contributed by atoms with E-state index >= 15 is 0 Å². The van der Waals surface area contributed by atoms with Crippen molar-refractivity contribution in [2.24, 2.45) is 4.99 Å². The summed E-state index contributed by atoms with van der Waals surface area (Å²) < 4.78 is 0. The summed E-state index contributed by atoms with van der Waals surface area (Å²) in [7, 11) is 0. The summed E-state index contributed by atoms with van der Waals surface area (Å²) >= 11 is 0. The number of hydrogen-bond acceptors (Lipinski definition) is 3. The minimum absolute atomic E-state index is 0.649. The van der Waals surface area contributed by atoms with E-state index in [1.54, 1.807) is 0 Å². The van der Waals surface area contributed by atoms with Crippen LogP contribution in [-0.4, -0.2) is 29.5 Å². The van der Waals surface area contributed by atoms with Gasteiger partial charge in [0.15, 0.2) is 0 Å². The average Bonchev–Trinajstić information content (AvgIpc) is 2.60. The van der Waals surface area contributed by atoms with Gasteiger partial charge >= 0.3 is 0 Å². The van der Waals surface area contributed by atoms with Crippen molar-refractivity contribution in [2.75, 3.05) is 18.0 Å². The van der Waals surface area contributed by atoms with Crippen LogP contribution in [0.3, 0.4) is 0 Å². The number of nitrogens with zero attached hydrogens (tertiary/aromatic N) is 2. The number of anilines is 1. The fraction of sp³-hybridized carbons (Fsp3) is 0.381. The summed E-state index contributed by atoms with van der Waals surface area (Å²) in [6.07, 6.45) is 3.94. The van der Waals surface area contributed by atoms with E-state index in [0.29, 0.717) is 6.54 Å². The Kier molecular flexibility index (Phi) is 3.89. The van der Waals surface area contributed by atoms with Crippen molar-refractivity contribution in [3.63, 3.8) is 0 Å². The Morgan fingerprint density at radius 2 is 1.96 bits per heavy atom. The van der Waals surface area contributed by atoms with Crippen molar-refractivity contribution in [1.82, 2.24) is 0 Å². The van der Waals surface area contributed by atoms with E-state index in [2.05, 4.69) is 30.0 Å². The van der Waals surface area contributed by atoms with Crippen LogP contribution in [0.5, 0.6) is 0 Å². The topological polar surface area (TPSA) is 35.8 Å². The molecule has 2 aliphatic rings. The van der Waals surface area contributed by atoms with Crippen LogP contribution in [0.15, 0.2) is 53.5 Å². The van der Waals surface area contributed by atoms with Gasteiger partial charge in [0.25, 0.3) is 0 Å². The average molecular weight is 320 g/mol. The first kappa shape index (κ1) is 15.4. The van der Waals surface area contributed by atoms with E-state index < -0.39 is 5.60 Å². The third kappa shape index (κ3) is 2.53. The van der Waals surface area contributed by atoms with Crippen LogP contribution in [0.1, 0.15) is 37.3 Å². The van der Waals surface area contributed by atoms with Crippen LogP contribution in [0, 0.1) is 0 Å². The lowest BCUT2D eigenvalue weighted by molar-refractivity contribution is 0.105. The lowest BCUT2D eigenvalue weighted by atomic mass is 9.80. The predicted molar refractivity (Wildman–Crippen MR) is 99.5 cm³/mol. The van der Waals surface area contributed by atoms with Gasteiger partial charge < -0.3 is 10.0 Å². The van der Waals surface area contributed by atoms with Crippen molar-refractivity contribution >= 4 is 17.1 Å². The minimum atomic E-state index is -0.881. The first-order chi connectivity index (χ1) is 11.7. The summed E-state index contributed by atoms with van der Waals surface area (Å²) in [6.45, 7) is 3.80. The van der Waals surface area contributed by atoms with Crippen molar-refractivity contribution in [3.8, 4) is 0 Å². The quantitative estimate of drug-likeness (QED) is 0.924. The van der Waals surface area contributed by atoms with E-state index in [9.17, 15) is 5.11 Å².